The third-order valence-electron chi connectivity index (χ3n) is 1.61. The Kier molecular flexibility index (Phi) is 3.54. The van der Waals surface area contributed by atoms with E-state index in [2.05, 4.69) is 6.58 Å². The second kappa shape index (κ2) is 4.50. The van der Waals surface area contributed by atoms with E-state index in [0.29, 0.717) is 0 Å². The van der Waals surface area contributed by atoms with Crippen LogP contribution in [0.3, 0.4) is 0 Å². The molecule has 0 aliphatic rings. The molecule has 0 aliphatic carbocycles. The van der Waals surface area contributed by atoms with Crippen LogP contribution in [0.15, 0.2) is 35.7 Å². The highest BCUT2D eigenvalue weighted by atomic mass is 32.2. The van der Waals surface area contributed by atoms with Crippen molar-refractivity contribution in [2.24, 2.45) is 0 Å². The molecule has 0 heterocycles. The van der Waals surface area contributed by atoms with Gasteiger partial charge in [-0.05, 0) is 12.1 Å². The lowest BCUT2D eigenvalue weighted by Gasteiger charge is -2.06. The van der Waals surface area contributed by atoms with Crippen molar-refractivity contribution >= 4 is 10.0 Å². The van der Waals surface area contributed by atoms with Crippen molar-refractivity contribution < 1.29 is 17.2 Å². The first-order chi connectivity index (χ1) is 6.99. The smallest absolute Gasteiger partial charge is 0.207 e. The fourth-order valence-electron chi connectivity index (χ4n) is 0.980. The van der Waals surface area contributed by atoms with Gasteiger partial charge in [0.25, 0.3) is 0 Å². The van der Waals surface area contributed by atoms with Gasteiger partial charge in [-0.1, -0.05) is 12.1 Å². The molecule has 0 aromatic heterocycles. The van der Waals surface area contributed by atoms with Crippen molar-refractivity contribution in [2.75, 3.05) is 6.54 Å². The van der Waals surface area contributed by atoms with Crippen LogP contribution in [-0.2, 0) is 10.0 Å². The molecule has 6 heteroatoms. The van der Waals surface area contributed by atoms with Gasteiger partial charge in [0.2, 0.25) is 10.0 Å². The predicted octanol–water partition coefficient (Wildman–Crippen LogP) is 1.43. The van der Waals surface area contributed by atoms with Crippen molar-refractivity contribution in [3.63, 3.8) is 0 Å². The molecule has 0 atom stereocenters. The van der Waals surface area contributed by atoms with Gasteiger partial charge in [-0.2, -0.15) is 0 Å². The average Bonchev–Trinajstić information content (AvgIpc) is 2.14. The molecule has 0 amide bonds. The summed E-state index contributed by atoms with van der Waals surface area (Å²) < 4.78 is 50.9. The van der Waals surface area contributed by atoms with Gasteiger partial charge in [-0.25, -0.2) is 21.9 Å². The van der Waals surface area contributed by atoms with E-state index < -0.39 is 26.6 Å². The van der Waals surface area contributed by atoms with Crippen LogP contribution in [0.25, 0.3) is 0 Å². The van der Waals surface area contributed by atoms with E-state index >= 15 is 0 Å². The molecule has 1 aromatic carbocycles. The molecule has 1 N–H and O–H groups in total. The first-order valence-corrected chi connectivity index (χ1v) is 5.52. The summed E-state index contributed by atoms with van der Waals surface area (Å²) in [6.45, 7) is 3.20. The van der Waals surface area contributed by atoms with Gasteiger partial charge >= 0.3 is 0 Å². The number of hydrogen-bond acceptors (Lipinski definition) is 2. The maximum absolute atomic E-state index is 13.1. The first-order valence-electron chi connectivity index (χ1n) is 4.03. The maximum atomic E-state index is 13.1. The second-order valence-corrected chi connectivity index (χ2v) is 4.40. The molecule has 3 nitrogen and oxygen atoms in total. The van der Waals surface area contributed by atoms with Gasteiger partial charge in [-0.3, -0.25) is 0 Å². The van der Waals surface area contributed by atoms with Crippen LogP contribution >= 0.6 is 0 Å². The zero-order chi connectivity index (χ0) is 11.5. The topological polar surface area (TPSA) is 46.2 Å². The van der Waals surface area contributed by atoms with E-state index in [9.17, 15) is 17.2 Å². The van der Waals surface area contributed by atoms with Crippen molar-refractivity contribution in [2.45, 2.75) is 4.90 Å². The summed E-state index contributed by atoms with van der Waals surface area (Å²) in [5, 5.41) is 0. The lowest BCUT2D eigenvalue weighted by molar-refractivity contribution is 0.515. The van der Waals surface area contributed by atoms with E-state index in [1.807, 2.05) is 4.72 Å². The largest absolute Gasteiger partial charge is 0.246 e. The highest BCUT2D eigenvalue weighted by Gasteiger charge is 2.22. The van der Waals surface area contributed by atoms with Crippen LogP contribution in [0.4, 0.5) is 8.78 Å². The van der Waals surface area contributed by atoms with Crippen molar-refractivity contribution in [1.29, 1.82) is 0 Å². The normalized spacial score (nSPS) is 11.3. The molecule has 1 rings (SSSR count). The molecule has 0 aliphatic heterocycles. The van der Waals surface area contributed by atoms with E-state index in [1.54, 1.807) is 0 Å². The minimum atomic E-state index is -4.16. The number of sulfonamides is 1. The Hall–Kier alpha value is -1.27. The standard InChI is InChI=1S/C9H9F2NO2S/c1-2-6-12-15(13,14)9-7(10)4-3-5-8(9)11/h2-5,12H,1,6H2. The summed E-state index contributed by atoms with van der Waals surface area (Å²) in [6.07, 6.45) is 1.27. The zero-order valence-electron chi connectivity index (χ0n) is 7.70. The molecule has 0 spiro atoms. The molecular formula is C9H9F2NO2S. The van der Waals surface area contributed by atoms with Gasteiger partial charge in [0, 0.05) is 6.54 Å². The molecule has 0 saturated carbocycles. The van der Waals surface area contributed by atoms with Gasteiger partial charge in [0.1, 0.15) is 11.6 Å². The van der Waals surface area contributed by atoms with Gasteiger partial charge in [-0.15, -0.1) is 6.58 Å². The molecular weight excluding hydrogens is 224 g/mol. The summed E-state index contributed by atoms with van der Waals surface area (Å²) in [6, 6.07) is 2.86. The van der Waals surface area contributed by atoms with E-state index in [1.165, 1.54) is 6.08 Å². The van der Waals surface area contributed by atoms with E-state index in [-0.39, 0.29) is 6.54 Å². The first kappa shape index (κ1) is 11.8. The molecule has 0 bridgehead atoms. The summed E-state index contributed by atoms with van der Waals surface area (Å²) in [4.78, 5) is -0.966. The SMILES string of the molecule is C=CCNS(=O)(=O)c1c(F)cccc1F. The summed E-state index contributed by atoms with van der Waals surface area (Å²) in [5.41, 5.74) is 0. The zero-order valence-corrected chi connectivity index (χ0v) is 8.52. The van der Waals surface area contributed by atoms with Crippen molar-refractivity contribution in [1.82, 2.24) is 4.72 Å². The third kappa shape index (κ3) is 2.60. The highest BCUT2D eigenvalue weighted by Crippen LogP contribution is 2.17. The molecule has 0 saturated heterocycles. The fourth-order valence-corrected chi connectivity index (χ4v) is 2.11. The second-order valence-electron chi connectivity index (χ2n) is 2.69. The Morgan fingerprint density at radius 3 is 2.33 bits per heavy atom. The number of hydrogen-bond donors (Lipinski definition) is 1. The quantitative estimate of drug-likeness (QED) is 0.800. The Morgan fingerprint density at radius 1 is 1.33 bits per heavy atom. The Labute approximate surface area is 86.5 Å². The average molecular weight is 233 g/mol. The summed E-state index contributed by atoms with van der Waals surface area (Å²) >= 11 is 0. The van der Waals surface area contributed by atoms with Crippen molar-refractivity contribution in [3.05, 3.63) is 42.5 Å². The lowest BCUT2D eigenvalue weighted by atomic mass is 10.3. The third-order valence-corrected chi connectivity index (χ3v) is 3.08. The number of halogens is 2. The number of nitrogens with one attached hydrogen (secondary N) is 1. The highest BCUT2D eigenvalue weighted by molar-refractivity contribution is 7.89. The van der Waals surface area contributed by atoms with Gasteiger partial charge in [0.15, 0.2) is 4.90 Å². The van der Waals surface area contributed by atoms with Crippen LogP contribution in [0, 0.1) is 11.6 Å². The van der Waals surface area contributed by atoms with E-state index in [0.717, 1.165) is 18.2 Å². The number of rotatable bonds is 4. The maximum Gasteiger partial charge on any atom is 0.246 e. The van der Waals surface area contributed by atoms with Crippen molar-refractivity contribution in [3.8, 4) is 0 Å². The fraction of sp³-hybridized carbons (Fsp3) is 0.111. The van der Waals surface area contributed by atoms with Gasteiger partial charge in [0.05, 0.1) is 0 Å². The lowest BCUT2D eigenvalue weighted by Crippen LogP contribution is -2.25. The number of benzene rings is 1. The Morgan fingerprint density at radius 2 is 1.87 bits per heavy atom. The predicted molar refractivity (Wildman–Crippen MR) is 51.7 cm³/mol. The monoisotopic (exact) mass is 233 g/mol. The van der Waals surface area contributed by atoms with Crippen LogP contribution in [0.1, 0.15) is 0 Å². The molecule has 0 unspecified atom stereocenters. The minimum Gasteiger partial charge on any atom is -0.207 e. The Balaban J connectivity index is 3.21. The van der Waals surface area contributed by atoms with Crippen LogP contribution < -0.4 is 4.72 Å². The molecule has 15 heavy (non-hydrogen) atoms. The molecule has 0 fully saturated rings. The van der Waals surface area contributed by atoms with Crippen LogP contribution in [0.5, 0.6) is 0 Å². The van der Waals surface area contributed by atoms with Crippen LogP contribution in [0.2, 0.25) is 0 Å². The van der Waals surface area contributed by atoms with E-state index in [4.69, 9.17) is 0 Å². The Bertz CT molecular complexity index is 451. The minimum absolute atomic E-state index is 0.0872. The summed E-state index contributed by atoms with van der Waals surface area (Å²) in [5.74, 6) is -2.24. The van der Waals surface area contributed by atoms with Crippen LogP contribution in [-0.4, -0.2) is 15.0 Å². The van der Waals surface area contributed by atoms with Gasteiger partial charge < -0.3 is 0 Å². The molecule has 82 valence electrons. The molecule has 1 aromatic rings. The summed E-state index contributed by atoms with van der Waals surface area (Å²) in [7, 11) is -4.16. The molecule has 0 radical (unpaired) electrons.